The summed E-state index contributed by atoms with van der Waals surface area (Å²) in [7, 11) is 1.27. The molecule has 2 N–H and O–H groups in total. The highest BCUT2D eigenvalue weighted by Crippen LogP contribution is 1.95. The van der Waals surface area contributed by atoms with Crippen molar-refractivity contribution in [3.8, 4) is 0 Å². The monoisotopic (exact) mass is 202 g/mol. The van der Waals surface area contributed by atoms with Crippen molar-refractivity contribution < 1.29 is 19.1 Å². The molecule has 1 atom stereocenters. The van der Waals surface area contributed by atoms with Gasteiger partial charge < -0.3 is 20.1 Å². The molecule has 1 aliphatic heterocycles. The van der Waals surface area contributed by atoms with Crippen LogP contribution < -0.4 is 10.6 Å². The number of hydrogen-bond acceptors (Lipinski definition) is 5. The van der Waals surface area contributed by atoms with Crippen LogP contribution in [-0.4, -0.2) is 51.3 Å². The molecule has 1 amide bonds. The molecular weight excluding hydrogens is 188 g/mol. The standard InChI is InChI=1S/C8H14N2O4/c1-13-7(11)5-10-8(12)6-4-9-2-3-14-6/h6,9H,2-5H2,1H3,(H,10,12)/t6-/m1/s1. The molecule has 0 bridgehead atoms. The zero-order valence-corrected chi connectivity index (χ0v) is 8.04. The number of ether oxygens (including phenoxy) is 2. The van der Waals surface area contributed by atoms with Crippen molar-refractivity contribution in [3.05, 3.63) is 0 Å². The third-order valence-electron chi connectivity index (χ3n) is 1.85. The third kappa shape index (κ3) is 3.31. The molecule has 1 fully saturated rings. The number of amides is 1. The Balaban J connectivity index is 2.23. The van der Waals surface area contributed by atoms with Gasteiger partial charge in [0.05, 0.1) is 13.7 Å². The minimum atomic E-state index is -0.506. The maximum absolute atomic E-state index is 11.3. The van der Waals surface area contributed by atoms with E-state index in [0.29, 0.717) is 13.2 Å². The first kappa shape index (κ1) is 10.9. The Hall–Kier alpha value is -1.14. The quantitative estimate of drug-likeness (QED) is 0.531. The fourth-order valence-corrected chi connectivity index (χ4v) is 1.08. The number of methoxy groups -OCH3 is 1. The molecule has 1 rings (SSSR count). The molecule has 0 saturated carbocycles. The predicted octanol–water partition coefficient (Wildman–Crippen LogP) is -1.74. The lowest BCUT2D eigenvalue weighted by Crippen LogP contribution is -2.48. The molecule has 0 spiro atoms. The highest BCUT2D eigenvalue weighted by molar-refractivity contribution is 5.85. The topological polar surface area (TPSA) is 76.7 Å². The van der Waals surface area contributed by atoms with Gasteiger partial charge in [0.1, 0.15) is 12.6 Å². The Morgan fingerprint density at radius 3 is 3.00 bits per heavy atom. The van der Waals surface area contributed by atoms with Crippen LogP contribution in [0.15, 0.2) is 0 Å². The van der Waals surface area contributed by atoms with Gasteiger partial charge in [-0.2, -0.15) is 0 Å². The number of morpholine rings is 1. The van der Waals surface area contributed by atoms with Gasteiger partial charge in [-0.25, -0.2) is 0 Å². The van der Waals surface area contributed by atoms with E-state index in [0.717, 1.165) is 6.54 Å². The molecule has 0 radical (unpaired) electrons. The second-order valence-electron chi connectivity index (χ2n) is 2.86. The largest absolute Gasteiger partial charge is 0.468 e. The smallest absolute Gasteiger partial charge is 0.325 e. The average molecular weight is 202 g/mol. The molecule has 14 heavy (non-hydrogen) atoms. The van der Waals surface area contributed by atoms with Crippen LogP contribution in [-0.2, 0) is 19.1 Å². The maximum Gasteiger partial charge on any atom is 0.325 e. The molecule has 1 saturated heterocycles. The molecule has 1 aliphatic rings. The fourth-order valence-electron chi connectivity index (χ4n) is 1.08. The van der Waals surface area contributed by atoms with E-state index in [1.54, 1.807) is 0 Å². The molecule has 6 nitrogen and oxygen atoms in total. The van der Waals surface area contributed by atoms with Gasteiger partial charge in [-0.1, -0.05) is 0 Å². The highest BCUT2D eigenvalue weighted by Gasteiger charge is 2.21. The lowest BCUT2D eigenvalue weighted by atomic mass is 10.3. The van der Waals surface area contributed by atoms with Crippen molar-refractivity contribution in [1.82, 2.24) is 10.6 Å². The van der Waals surface area contributed by atoms with Crippen molar-refractivity contribution in [2.45, 2.75) is 6.10 Å². The molecule has 0 aromatic rings. The lowest BCUT2D eigenvalue weighted by molar-refractivity contribution is -0.143. The van der Waals surface area contributed by atoms with Crippen LogP contribution in [0.2, 0.25) is 0 Å². The Bertz CT molecular complexity index is 213. The van der Waals surface area contributed by atoms with E-state index in [1.807, 2.05) is 0 Å². The van der Waals surface area contributed by atoms with E-state index >= 15 is 0 Å². The van der Waals surface area contributed by atoms with Gasteiger partial charge in [0, 0.05) is 13.1 Å². The zero-order valence-electron chi connectivity index (χ0n) is 8.04. The van der Waals surface area contributed by atoms with Gasteiger partial charge in [-0.15, -0.1) is 0 Å². The van der Waals surface area contributed by atoms with Gasteiger partial charge in [0.25, 0.3) is 5.91 Å². The fraction of sp³-hybridized carbons (Fsp3) is 0.750. The summed E-state index contributed by atoms with van der Waals surface area (Å²) in [5.41, 5.74) is 0. The number of carbonyl (C=O) groups excluding carboxylic acids is 2. The molecule has 0 aromatic carbocycles. The minimum absolute atomic E-state index is 0.116. The van der Waals surface area contributed by atoms with Gasteiger partial charge >= 0.3 is 5.97 Å². The molecule has 1 heterocycles. The number of carbonyl (C=O) groups is 2. The van der Waals surface area contributed by atoms with Crippen LogP contribution in [0.25, 0.3) is 0 Å². The van der Waals surface area contributed by atoms with Crippen molar-refractivity contribution in [3.63, 3.8) is 0 Å². The Morgan fingerprint density at radius 2 is 2.43 bits per heavy atom. The van der Waals surface area contributed by atoms with Crippen molar-refractivity contribution >= 4 is 11.9 Å². The highest BCUT2D eigenvalue weighted by atomic mass is 16.5. The summed E-state index contributed by atoms with van der Waals surface area (Å²) in [6.45, 7) is 1.62. The van der Waals surface area contributed by atoms with E-state index in [9.17, 15) is 9.59 Å². The van der Waals surface area contributed by atoms with Crippen molar-refractivity contribution in [2.24, 2.45) is 0 Å². The van der Waals surface area contributed by atoms with Crippen molar-refractivity contribution in [2.75, 3.05) is 33.4 Å². The summed E-state index contributed by atoms with van der Waals surface area (Å²) < 4.78 is 9.56. The molecule has 0 aromatic heterocycles. The normalized spacial score (nSPS) is 21.4. The first-order chi connectivity index (χ1) is 6.74. The summed E-state index contributed by atoms with van der Waals surface area (Å²) in [5, 5.41) is 5.44. The van der Waals surface area contributed by atoms with Crippen LogP contribution in [0, 0.1) is 0 Å². The second-order valence-corrected chi connectivity index (χ2v) is 2.86. The van der Waals surface area contributed by atoms with Crippen LogP contribution >= 0.6 is 0 Å². The molecule has 0 aliphatic carbocycles. The van der Waals surface area contributed by atoms with Crippen LogP contribution in [0.5, 0.6) is 0 Å². The zero-order chi connectivity index (χ0) is 10.4. The predicted molar refractivity (Wildman–Crippen MR) is 47.6 cm³/mol. The van der Waals surface area contributed by atoms with Gasteiger partial charge in [0.2, 0.25) is 0 Å². The Labute approximate surface area is 81.9 Å². The summed E-state index contributed by atoms with van der Waals surface area (Å²) in [6, 6.07) is 0. The number of esters is 1. The summed E-state index contributed by atoms with van der Waals surface area (Å²) in [5.74, 6) is -0.760. The number of nitrogens with one attached hydrogen (secondary N) is 2. The summed E-state index contributed by atoms with van der Waals surface area (Å²) in [4.78, 5) is 22.0. The lowest BCUT2D eigenvalue weighted by Gasteiger charge is -2.22. The molecule has 0 unspecified atom stereocenters. The second kappa shape index (κ2) is 5.56. The SMILES string of the molecule is COC(=O)CNC(=O)[C@H]1CNCCO1. The third-order valence-corrected chi connectivity index (χ3v) is 1.85. The van der Waals surface area contributed by atoms with Crippen LogP contribution in [0.1, 0.15) is 0 Å². The van der Waals surface area contributed by atoms with E-state index in [4.69, 9.17) is 4.74 Å². The first-order valence-electron chi connectivity index (χ1n) is 4.41. The van der Waals surface area contributed by atoms with E-state index in [-0.39, 0.29) is 12.5 Å². The minimum Gasteiger partial charge on any atom is -0.468 e. The number of rotatable bonds is 3. The van der Waals surface area contributed by atoms with Gasteiger partial charge in [-0.05, 0) is 0 Å². The van der Waals surface area contributed by atoms with Crippen LogP contribution in [0.3, 0.4) is 0 Å². The van der Waals surface area contributed by atoms with Gasteiger partial charge in [0.15, 0.2) is 0 Å². The maximum atomic E-state index is 11.3. The van der Waals surface area contributed by atoms with Crippen molar-refractivity contribution in [1.29, 1.82) is 0 Å². The van der Waals surface area contributed by atoms with Crippen LogP contribution in [0.4, 0.5) is 0 Å². The Kier molecular flexibility index (Phi) is 4.34. The first-order valence-corrected chi connectivity index (χ1v) is 4.41. The number of hydrogen-bond donors (Lipinski definition) is 2. The van der Waals surface area contributed by atoms with E-state index in [1.165, 1.54) is 7.11 Å². The Morgan fingerprint density at radius 1 is 1.64 bits per heavy atom. The molecule has 80 valence electrons. The van der Waals surface area contributed by atoms with E-state index < -0.39 is 12.1 Å². The van der Waals surface area contributed by atoms with Gasteiger partial charge in [-0.3, -0.25) is 9.59 Å². The summed E-state index contributed by atoms with van der Waals surface area (Å²) in [6.07, 6.45) is -0.506. The average Bonchev–Trinajstić information content (AvgIpc) is 2.26. The molecular formula is C8H14N2O4. The summed E-state index contributed by atoms with van der Waals surface area (Å²) >= 11 is 0. The molecule has 6 heteroatoms. The van der Waals surface area contributed by atoms with E-state index in [2.05, 4.69) is 15.4 Å².